The van der Waals surface area contributed by atoms with Crippen LogP contribution in [0.25, 0.3) is 0 Å². The summed E-state index contributed by atoms with van der Waals surface area (Å²) in [6, 6.07) is -1.51. The number of nitrogens with zero attached hydrogens (tertiary/aromatic N) is 1. The van der Waals surface area contributed by atoms with Crippen LogP contribution < -0.4 is 9.47 Å². The molecule has 0 fully saturated rings. The van der Waals surface area contributed by atoms with Gasteiger partial charge in [-0.2, -0.15) is 0 Å². The Balaban J connectivity index is 2.37. The number of carbonyl (C=O) groups excluding carboxylic acids is 1. The van der Waals surface area contributed by atoms with Crippen LogP contribution in [0.4, 0.5) is 4.39 Å². The van der Waals surface area contributed by atoms with Crippen molar-refractivity contribution >= 4 is 17.6 Å². The Kier molecular flexibility index (Phi) is 4.30. The third-order valence-corrected chi connectivity index (χ3v) is 2.75. The molecule has 0 amide bonds. The van der Waals surface area contributed by atoms with E-state index in [4.69, 9.17) is 37.7 Å². The van der Waals surface area contributed by atoms with Gasteiger partial charge in [-0.25, -0.2) is 14.2 Å². The molecule has 0 saturated heterocycles. The van der Waals surface area contributed by atoms with Gasteiger partial charge in [0.15, 0.2) is 12.7 Å². The fourth-order valence-corrected chi connectivity index (χ4v) is 1.62. The van der Waals surface area contributed by atoms with Gasteiger partial charge in [-0.1, -0.05) is 17.5 Å². The van der Waals surface area contributed by atoms with Crippen LogP contribution in [-0.2, 0) is 9.53 Å². The number of hydrogen-bond donors (Lipinski definition) is 0. The highest BCUT2D eigenvalue weighted by Crippen LogP contribution is 2.28. The third kappa shape index (κ3) is 4.86. The number of pyridine rings is 1. The van der Waals surface area contributed by atoms with Gasteiger partial charge in [0.1, 0.15) is 22.3 Å². The van der Waals surface area contributed by atoms with Gasteiger partial charge >= 0.3 is 5.97 Å². The number of ether oxygens (including phenoxy) is 3. The fraction of sp³-hybridized carbons (Fsp3) is 0.176. The quantitative estimate of drug-likeness (QED) is 0.586. The van der Waals surface area contributed by atoms with Gasteiger partial charge in [0.05, 0.1) is 11.7 Å². The van der Waals surface area contributed by atoms with Gasteiger partial charge in [0, 0.05) is 0 Å². The molecule has 0 saturated carbocycles. The summed E-state index contributed by atoms with van der Waals surface area (Å²) in [5.74, 6) is -0.722. The van der Waals surface area contributed by atoms with Crippen molar-refractivity contribution in [3.8, 4) is 29.7 Å². The van der Waals surface area contributed by atoms with Gasteiger partial charge in [0.2, 0.25) is 5.88 Å². The monoisotopic (exact) mass is 353 g/mol. The Morgan fingerprint density at radius 3 is 2.75 bits per heavy atom. The standard InChI is InChI=1S/C17H13ClFNO4/c1-3-8-22-17(21)11(2)23-13-4-6-14(7-5-13)24-16-15(18)9-12(19)10-20-16/h1,4-7,9-11H,8H2,2H3/t11-/m1/s1/i4D,5D,6D,7D. The number of hydrogen-bond acceptors (Lipinski definition) is 5. The topological polar surface area (TPSA) is 57.7 Å². The maximum absolute atomic E-state index is 13.1. The van der Waals surface area contributed by atoms with E-state index in [1.165, 1.54) is 6.92 Å². The van der Waals surface area contributed by atoms with E-state index in [-0.39, 0.29) is 17.5 Å². The minimum Gasteiger partial charge on any atom is -0.479 e. The molecule has 0 radical (unpaired) electrons. The minimum atomic E-state index is -1.24. The van der Waals surface area contributed by atoms with Gasteiger partial charge in [-0.3, -0.25) is 0 Å². The molecule has 2 rings (SSSR count). The highest BCUT2D eigenvalue weighted by atomic mass is 35.5. The Morgan fingerprint density at radius 1 is 1.46 bits per heavy atom. The van der Waals surface area contributed by atoms with Crippen molar-refractivity contribution in [1.29, 1.82) is 0 Å². The zero-order valence-electron chi connectivity index (χ0n) is 16.4. The molecule has 124 valence electrons. The first kappa shape index (κ1) is 12.6. The highest BCUT2D eigenvalue weighted by Gasteiger charge is 2.16. The van der Waals surface area contributed by atoms with Crippen LogP contribution in [0.1, 0.15) is 12.4 Å². The molecule has 1 aromatic heterocycles. The van der Waals surface area contributed by atoms with Crippen molar-refractivity contribution in [1.82, 2.24) is 4.98 Å². The molecule has 1 heterocycles. The molecular weight excluding hydrogens is 337 g/mol. The van der Waals surface area contributed by atoms with E-state index in [1.54, 1.807) is 0 Å². The molecule has 0 unspecified atom stereocenters. The average Bonchev–Trinajstić information content (AvgIpc) is 2.66. The normalized spacial score (nSPS) is 13.6. The molecule has 0 spiro atoms. The van der Waals surface area contributed by atoms with Crippen molar-refractivity contribution < 1.29 is 28.9 Å². The molecule has 1 atom stereocenters. The number of benzene rings is 1. The number of rotatable bonds is 6. The molecule has 5 nitrogen and oxygen atoms in total. The number of esters is 1. The van der Waals surface area contributed by atoms with Crippen molar-refractivity contribution in [2.45, 2.75) is 13.0 Å². The van der Waals surface area contributed by atoms with E-state index in [9.17, 15) is 9.18 Å². The van der Waals surface area contributed by atoms with E-state index in [2.05, 4.69) is 10.9 Å². The molecule has 0 aliphatic heterocycles. The van der Waals surface area contributed by atoms with Crippen molar-refractivity contribution in [2.24, 2.45) is 0 Å². The smallest absolute Gasteiger partial charge is 0.347 e. The van der Waals surface area contributed by atoms with Crippen molar-refractivity contribution in [3.63, 3.8) is 0 Å². The Morgan fingerprint density at radius 2 is 2.12 bits per heavy atom. The van der Waals surface area contributed by atoms with Crippen molar-refractivity contribution in [2.75, 3.05) is 6.61 Å². The molecule has 1 aromatic carbocycles. The number of carbonyl (C=O) groups is 1. The maximum Gasteiger partial charge on any atom is 0.347 e. The number of aromatic nitrogens is 1. The maximum atomic E-state index is 13.1. The summed E-state index contributed by atoms with van der Waals surface area (Å²) in [5.41, 5.74) is 0. The van der Waals surface area contributed by atoms with Gasteiger partial charge in [-0.05, 0) is 37.2 Å². The summed E-state index contributed by atoms with van der Waals surface area (Å²) in [4.78, 5) is 15.3. The summed E-state index contributed by atoms with van der Waals surface area (Å²) < 4.78 is 60.3. The summed E-state index contributed by atoms with van der Waals surface area (Å²) in [7, 11) is 0. The van der Waals surface area contributed by atoms with E-state index < -0.39 is 53.6 Å². The van der Waals surface area contributed by atoms with E-state index in [0.29, 0.717) is 0 Å². The first-order valence-corrected chi connectivity index (χ1v) is 6.91. The first-order chi connectivity index (χ1) is 13.2. The van der Waals surface area contributed by atoms with Crippen LogP contribution in [0, 0.1) is 18.2 Å². The van der Waals surface area contributed by atoms with Crippen LogP contribution in [0.2, 0.25) is 5.02 Å². The molecule has 0 aliphatic rings. The second-order valence-electron chi connectivity index (χ2n) is 4.27. The van der Waals surface area contributed by atoms with Crippen LogP contribution >= 0.6 is 11.6 Å². The summed E-state index contributed by atoms with van der Waals surface area (Å²) in [5, 5.41) is -0.220. The number of halogens is 2. The predicted molar refractivity (Wildman–Crippen MR) is 85.6 cm³/mol. The van der Waals surface area contributed by atoms with E-state index in [0.717, 1.165) is 12.3 Å². The average molecular weight is 354 g/mol. The third-order valence-electron chi connectivity index (χ3n) is 2.48. The first-order valence-electron chi connectivity index (χ1n) is 8.53. The second kappa shape index (κ2) is 8.18. The Bertz CT molecular complexity index is 938. The van der Waals surface area contributed by atoms with E-state index >= 15 is 0 Å². The minimum absolute atomic E-state index is 0.220. The molecule has 2 aromatic rings. The van der Waals surface area contributed by atoms with Gasteiger partial charge < -0.3 is 14.2 Å². The van der Waals surface area contributed by atoms with Crippen LogP contribution in [0.5, 0.6) is 17.4 Å². The molecule has 0 aliphatic carbocycles. The summed E-state index contributed by atoms with van der Waals surface area (Å²) in [6.07, 6.45) is 4.57. The summed E-state index contributed by atoms with van der Waals surface area (Å²) >= 11 is 5.81. The summed E-state index contributed by atoms with van der Waals surface area (Å²) in [6.45, 7) is 1.02. The lowest BCUT2D eigenvalue weighted by Crippen LogP contribution is -2.26. The molecule has 0 bridgehead atoms. The zero-order valence-corrected chi connectivity index (χ0v) is 13.1. The Labute approximate surface area is 148 Å². The van der Waals surface area contributed by atoms with Crippen LogP contribution in [-0.4, -0.2) is 23.7 Å². The van der Waals surface area contributed by atoms with Gasteiger partial charge in [0.25, 0.3) is 0 Å². The van der Waals surface area contributed by atoms with Crippen LogP contribution in [0.3, 0.4) is 0 Å². The zero-order chi connectivity index (χ0) is 21.0. The molecule has 24 heavy (non-hydrogen) atoms. The fourth-order valence-electron chi connectivity index (χ4n) is 1.43. The van der Waals surface area contributed by atoms with Gasteiger partial charge in [-0.15, -0.1) is 6.42 Å². The SMILES string of the molecule is [2H]c1c([2H])c(O[C@H](C)C(=O)OCC#C)c([2H])c([2H])c1Oc1ncc(F)cc1Cl. The lowest BCUT2D eigenvalue weighted by molar-refractivity contribution is -0.149. The molecule has 0 N–H and O–H groups in total. The predicted octanol–water partition coefficient (Wildman–Crippen LogP) is 3.61. The molecular formula is C17H13ClFNO4. The lowest BCUT2D eigenvalue weighted by atomic mass is 10.3. The highest BCUT2D eigenvalue weighted by molar-refractivity contribution is 6.31. The number of terminal acetylenes is 1. The second-order valence-corrected chi connectivity index (χ2v) is 4.68. The Hall–Kier alpha value is -2.78. The largest absolute Gasteiger partial charge is 0.479 e. The molecule has 7 heteroatoms. The van der Waals surface area contributed by atoms with E-state index in [1.807, 2.05) is 0 Å². The lowest BCUT2D eigenvalue weighted by Gasteiger charge is -2.13. The van der Waals surface area contributed by atoms with Crippen LogP contribution in [0.15, 0.2) is 36.4 Å². The van der Waals surface area contributed by atoms with Crippen molar-refractivity contribution in [3.05, 3.63) is 47.3 Å².